The molecule has 0 unspecified atom stereocenters. The smallest absolute Gasteiger partial charge is 0.146 e. The first-order valence-electron chi connectivity index (χ1n) is 3.67. The van der Waals surface area contributed by atoms with Crippen molar-refractivity contribution in [1.82, 2.24) is 0 Å². The Hall–Kier alpha value is -0.160. The van der Waals surface area contributed by atoms with Gasteiger partial charge in [-0.15, -0.1) is 0 Å². The van der Waals surface area contributed by atoms with Crippen molar-refractivity contribution < 1.29 is 19.3 Å². The maximum absolute atomic E-state index is 8.38. The molecule has 11 heavy (non-hydrogen) atoms. The molecule has 0 saturated carbocycles. The van der Waals surface area contributed by atoms with Crippen LogP contribution in [0, 0.1) is 0 Å². The highest BCUT2D eigenvalue weighted by atomic mass is 16.7. The van der Waals surface area contributed by atoms with Crippen molar-refractivity contribution in [2.75, 3.05) is 40.3 Å². The number of hydrogen-bond donors (Lipinski definition) is 1. The van der Waals surface area contributed by atoms with Gasteiger partial charge in [0.1, 0.15) is 6.79 Å². The first-order valence-corrected chi connectivity index (χ1v) is 3.67. The van der Waals surface area contributed by atoms with Gasteiger partial charge in [0.15, 0.2) is 0 Å². The summed E-state index contributed by atoms with van der Waals surface area (Å²) < 4.78 is 14.7. The summed E-state index contributed by atoms with van der Waals surface area (Å²) in [5, 5.41) is 8.38. The van der Waals surface area contributed by atoms with Gasteiger partial charge in [0.05, 0.1) is 13.2 Å². The summed E-state index contributed by atoms with van der Waals surface area (Å²) in [4.78, 5) is 0. The Morgan fingerprint density at radius 2 is 1.82 bits per heavy atom. The van der Waals surface area contributed by atoms with Crippen molar-refractivity contribution >= 4 is 0 Å². The minimum absolute atomic E-state index is 0.179. The van der Waals surface area contributed by atoms with Gasteiger partial charge in [0, 0.05) is 20.3 Å². The maximum atomic E-state index is 8.38. The van der Waals surface area contributed by atoms with E-state index in [0.717, 1.165) is 0 Å². The van der Waals surface area contributed by atoms with Crippen molar-refractivity contribution in [1.29, 1.82) is 0 Å². The van der Waals surface area contributed by atoms with E-state index in [9.17, 15) is 0 Å². The summed E-state index contributed by atoms with van der Waals surface area (Å²) in [5.74, 6) is 0. The molecular formula is C7H16O4. The largest absolute Gasteiger partial charge is 0.396 e. The van der Waals surface area contributed by atoms with E-state index < -0.39 is 0 Å². The molecule has 0 aliphatic rings. The average molecular weight is 164 g/mol. The molecule has 0 atom stereocenters. The molecule has 4 nitrogen and oxygen atoms in total. The van der Waals surface area contributed by atoms with Gasteiger partial charge >= 0.3 is 0 Å². The lowest BCUT2D eigenvalue weighted by molar-refractivity contribution is -0.0513. The van der Waals surface area contributed by atoms with Crippen LogP contribution in [0.4, 0.5) is 0 Å². The average Bonchev–Trinajstić information content (AvgIpc) is 2.03. The molecule has 4 heteroatoms. The summed E-state index contributed by atoms with van der Waals surface area (Å²) in [6, 6.07) is 0. The standard InChI is InChI=1S/C7H16O4/c1-9-7-11-6-5-10-4-2-3-8/h8H,2-7H2,1H3. The van der Waals surface area contributed by atoms with E-state index in [-0.39, 0.29) is 6.61 Å². The summed E-state index contributed by atoms with van der Waals surface area (Å²) in [6.07, 6.45) is 0.685. The monoisotopic (exact) mass is 164 g/mol. The molecule has 0 rings (SSSR count). The van der Waals surface area contributed by atoms with E-state index in [1.807, 2.05) is 0 Å². The predicted molar refractivity (Wildman–Crippen MR) is 40.3 cm³/mol. The van der Waals surface area contributed by atoms with Crippen LogP contribution in [0.5, 0.6) is 0 Å². The van der Waals surface area contributed by atoms with Gasteiger partial charge in [-0.25, -0.2) is 0 Å². The Bertz CT molecular complexity index is 59.5. The molecule has 0 spiro atoms. The zero-order valence-corrected chi connectivity index (χ0v) is 6.91. The third-order valence-corrected chi connectivity index (χ3v) is 1.02. The van der Waals surface area contributed by atoms with E-state index in [1.165, 1.54) is 0 Å². The van der Waals surface area contributed by atoms with Crippen LogP contribution in [-0.2, 0) is 14.2 Å². The zero-order valence-electron chi connectivity index (χ0n) is 6.91. The minimum atomic E-state index is 0.179. The van der Waals surface area contributed by atoms with Gasteiger partial charge in [0.25, 0.3) is 0 Å². The summed E-state index contributed by atoms with van der Waals surface area (Å²) >= 11 is 0. The SMILES string of the molecule is COCOCCOCCCO. The van der Waals surface area contributed by atoms with Crippen LogP contribution < -0.4 is 0 Å². The molecule has 0 aromatic rings. The Labute approximate surface area is 67.1 Å². The second kappa shape index (κ2) is 9.84. The maximum Gasteiger partial charge on any atom is 0.146 e. The molecule has 0 fully saturated rings. The fourth-order valence-electron chi connectivity index (χ4n) is 0.529. The lowest BCUT2D eigenvalue weighted by Crippen LogP contribution is -2.07. The van der Waals surface area contributed by atoms with Gasteiger partial charge in [-0.05, 0) is 6.42 Å². The van der Waals surface area contributed by atoms with E-state index in [1.54, 1.807) is 7.11 Å². The number of aliphatic hydroxyl groups excluding tert-OH is 1. The molecule has 0 amide bonds. The molecule has 0 saturated heterocycles. The molecule has 0 aliphatic heterocycles. The van der Waals surface area contributed by atoms with Gasteiger partial charge in [-0.2, -0.15) is 0 Å². The summed E-state index contributed by atoms with van der Waals surface area (Å²) in [7, 11) is 1.58. The van der Waals surface area contributed by atoms with Crippen molar-refractivity contribution in [3.05, 3.63) is 0 Å². The number of hydrogen-bond acceptors (Lipinski definition) is 4. The Kier molecular flexibility index (Phi) is 9.70. The third kappa shape index (κ3) is 9.84. The van der Waals surface area contributed by atoms with E-state index in [4.69, 9.17) is 14.6 Å². The second-order valence-corrected chi connectivity index (χ2v) is 2.00. The minimum Gasteiger partial charge on any atom is -0.396 e. The molecule has 68 valence electrons. The number of aliphatic hydroxyl groups is 1. The van der Waals surface area contributed by atoms with Crippen molar-refractivity contribution in [3.63, 3.8) is 0 Å². The Morgan fingerprint density at radius 3 is 2.45 bits per heavy atom. The molecule has 0 radical (unpaired) electrons. The third-order valence-electron chi connectivity index (χ3n) is 1.02. The van der Waals surface area contributed by atoms with Crippen LogP contribution in [0.3, 0.4) is 0 Å². The van der Waals surface area contributed by atoms with Crippen LogP contribution in [0.15, 0.2) is 0 Å². The molecular weight excluding hydrogens is 148 g/mol. The lowest BCUT2D eigenvalue weighted by atomic mass is 10.5. The summed E-state index contributed by atoms with van der Waals surface area (Å²) in [5.41, 5.74) is 0. The predicted octanol–water partition coefficient (Wildman–Crippen LogP) is 0.00590. The van der Waals surface area contributed by atoms with Crippen molar-refractivity contribution in [2.24, 2.45) is 0 Å². The lowest BCUT2D eigenvalue weighted by Gasteiger charge is -2.03. The van der Waals surface area contributed by atoms with Gasteiger partial charge in [0.2, 0.25) is 0 Å². The number of methoxy groups -OCH3 is 1. The Morgan fingerprint density at radius 1 is 1.09 bits per heavy atom. The highest BCUT2D eigenvalue weighted by Crippen LogP contribution is 1.82. The molecule has 1 N–H and O–H groups in total. The molecule has 0 aromatic carbocycles. The topological polar surface area (TPSA) is 47.9 Å². The van der Waals surface area contributed by atoms with E-state index >= 15 is 0 Å². The normalized spacial score (nSPS) is 10.4. The van der Waals surface area contributed by atoms with Crippen LogP contribution >= 0.6 is 0 Å². The fourth-order valence-corrected chi connectivity index (χ4v) is 0.529. The van der Waals surface area contributed by atoms with Crippen LogP contribution in [-0.4, -0.2) is 45.4 Å². The number of rotatable bonds is 8. The molecule has 0 heterocycles. The van der Waals surface area contributed by atoms with Gasteiger partial charge in [-0.3, -0.25) is 0 Å². The highest BCUT2D eigenvalue weighted by molar-refractivity contribution is 4.31. The molecule has 0 bridgehead atoms. The van der Waals surface area contributed by atoms with E-state index in [0.29, 0.717) is 33.0 Å². The van der Waals surface area contributed by atoms with Crippen LogP contribution in [0.25, 0.3) is 0 Å². The second-order valence-electron chi connectivity index (χ2n) is 2.00. The Balaban J connectivity index is 2.69. The first-order chi connectivity index (χ1) is 5.41. The van der Waals surface area contributed by atoms with Crippen LogP contribution in [0.2, 0.25) is 0 Å². The van der Waals surface area contributed by atoms with Crippen LogP contribution in [0.1, 0.15) is 6.42 Å². The number of ether oxygens (including phenoxy) is 3. The van der Waals surface area contributed by atoms with Gasteiger partial charge in [-0.1, -0.05) is 0 Å². The zero-order chi connectivity index (χ0) is 8.36. The first kappa shape index (κ1) is 10.8. The molecule has 0 aliphatic carbocycles. The van der Waals surface area contributed by atoms with Gasteiger partial charge < -0.3 is 19.3 Å². The highest BCUT2D eigenvalue weighted by Gasteiger charge is 1.87. The molecule has 0 aromatic heterocycles. The fraction of sp³-hybridized carbons (Fsp3) is 1.00. The van der Waals surface area contributed by atoms with Crippen molar-refractivity contribution in [2.45, 2.75) is 6.42 Å². The quantitative estimate of drug-likeness (QED) is 0.405. The summed E-state index contributed by atoms with van der Waals surface area (Å²) in [6.45, 7) is 2.18. The van der Waals surface area contributed by atoms with E-state index in [2.05, 4.69) is 4.74 Å². The van der Waals surface area contributed by atoms with Crippen molar-refractivity contribution in [3.8, 4) is 0 Å².